The molecule has 116 valence electrons. The maximum absolute atomic E-state index is 11.7. The van der Waals surface area contributed by atoms with Crippen LogP contribution in [0.4, 0.5) is 0 Å². The molecule has 22 heavy (non-hydrogen) atoms. The molecule has 0 aliphatic heterocycles. The molecule has 1 aliphatic rings. The molecule has 1 saturated carbocycles. The predicted molar refractivity (Wildman–Crippen MR) is 84.9 cm³/mol. The number of halogens is 1. The van der Waals surface area contributed by atoms with E-state index in [1.807, 2.05) is 36.2 Å². The SMILES string of the molecule is CN(CC(=O)NC1CC1)Cc1nnc(-c2cccc(Br)c2)o1. The first kappa shape index (κ1) is 15.2. The Balaban J connectivity index is 1.57. The summed E-state index contributed by atoms with van der Waals surface area (Å²) in [6.45, 7) is 0.768. The molecule has 0 atom stereocenters. The monoisotopic (exact) mass is 364 g/mol. The number of benzene rings is 1. The highest BCUT2D eigenvalue weighted by Gasteiger charge is 2.23. The molecule has 1 aliphatic carbocycles. The van der Waals surface area contributed by atoms with Gasteiger partial charge in [-0.15, -0.1) is 10.2 Å². The molecule has 1 N–H and O–H groups in total. The second kappa shape index (κ2) is 6.58. The van der Waals surface area contributed by atoms with E-state index >= 15 is 0 Å². The molecule has 0 bridgehead atoms. The zero-order valence-corrected chi connectivity index (χ0v) is 13.8. The van der Waals surface area contributed by atoms with Crippen LogP contribution in [-0.2, 0) is 11.3 Å². The number of likely N-dealkylation sites (N-methyl/N-ethyl adjacent to an activating group) is 1. The van der Waals surface area contributed by atoms with Gasteiger partial charge in [-0.25, -0.2) is 0 Å². The van der Waals surface area contributed by atoms with Crippen molar-refractivity contribution < 1.29 is 9.21 Å². The van der Waals surface area contributed by atoms with Crippen LogP contribution in [0, 0.1) is 0 Å². The van der Waals surface area contributed by atoms with Crippen molar-refractivity contribution in [3.8, 4) is 11.5 Å². The van der Waals surface area contributed by atoms with E-state index in [-0.39, 0.29) is 5.91 Å². The Labute approximate surface area is 137 Å². The van der Waals surface area contributed by atoms with Crippen LogP contribution in [0.2, 0.25) is 0 Å². The topological polar surface area (TPSA) is 71.3 Å². The number of amides is 1. The number of nitrogens with one attached hydrogen (secondary N) is 1. The van der Waals surface area contributed by atoms with E-state index in [2.05, 4.69) is 31.4 Å². The zero-order chi connectivity index (χ0) is 15.5. The summed E-state index contributed by atoms with van der Waals surface area (Å²) in [6.07, 6.45) is 2.18. The predicted octanol–water partition coefficient (Wildman–Crippen LogP) is 2.21. The lowest BCUT2D eigenvalue weighted by Gasteiger charge is -2.13. The van der Waals surface area contributed by atoms with Crippen molar-refractivity contribution in [3.05, 3.63) is 34.6 Å². The number of rotatable bonds is 6. The summed E-state index contributed by atoms with van der Waals surface area (Å²) in [5.74, 6) is 1.01. The maximum Gasteiger partial charge on any atom is 0.247 e. The van der Waals surface area contributed by atoms with Crippen molar-refractivity contribution in [2.24, 2.45) is 0 Å². The van der Waals surface area contributed by atoms with Crippen molar-refractivity contribution in [2.75, 3.05) is 13.6 Å². The van der Waals surface area contributed by atoms with Crippen LogP contribution >= 0.6 is 15.9 Å². The van der Waals surface area contributed by atoms with E-state index in [0.717, 1.165) is 22.9 Å². The summed E-state index contributed by atoms with van der Waals surface area (Å²) in [7, 11) is 1.86. The van der Waals surface area contributed by atoms with Crippen LogP contribution in [0.15, 0.2) is 33.2 Å². The minimum absolute atomic E-state index is 0.0386. The van der Waals surface area contributed by atoms with Gasteiger partial charge in [-0.05, 0) is 38.1 Å². The van der Waals surface area contributed by atoms with Crippen LogP contribution in [0.3, 0.4) is 0 Å². The van der Waals surface area contributed by atoms with Gasteiger partial charge in [0.15, 0.2) is 0 Å². The molecule has 2 aromatic rings. The zero-order valence-electron chi connectivity index (χ0n) is 12.3. The molecular weight excluding hydrogens is 348 g/mol. The van der Waals surface area contributed by atoms with E-state index < -0.39 is 0 Å². The number of nitrogens with zero attached hydrogens (tertiary/aromatic N) is 3. The average Bonchev–Trinajstić information content (AvgIpc) is 3.14. The first-order chi connectivity index (χ1) is 10.6. The number of hydrogen-bond acceptors (Lipinski definition) is 5. The number of aromatic nitrogens is 2. The van der Waals surface area contributed by atoms with E-state index in [4.69, 9.17) is 4.42 Å². The van der Waals surface area contributed by atoms with Crippen LogP contribution in [0.25, 0.3) is 11.5 Å². The van der Waals surface area contributed by atoms with E-state index in [1.54, 1.807) is 0 Å². The molecule has 1 aromatic heterocycles. The van der Waals surface area contributed by atoms with E-state index in [1.165, 1.54) is 0 Å². The number of carbonyl (C=O) groups excluding carboxylic acids is 1. The maximum atomic E-state index is 11.7. The van der Waals surface area contributed by atoms with Crippen LogP contribution in [-0.4, -0.2) is 40.6 Å². The van der Waals surface area contributed by atoms with E-state index in [0.29, 0.717) is 30.9 Å². The fourth-order valence-corrected chi connectivity index (χ4v) is 2.49. The first-order valence-electron chi connectivity index (χ1n) is 7.16. The first-order valence-corrected chi connectivity index (χ1v) is 7.95. The van der Waals surface area contributed by atoms with Gasteiger partial charge in [0.1, 0.15) is 0 Å². The normalized spacial score (nSPS) is 14.3. The molecular formula is C15H17BrN4O2. The Kier molecular flexibility index (Phi) is 4.54. The highest BCUT2D eigenvalue weighted by Crippen LogP contribution is 2.22. The van der Waals surface area contributed by atoms with Crippen molar-refractivity contribution in [3.63, 3.8) is 0 Å². The van der Waals surface area contributed by atoms with Gasteiger partial charge in [0.05, 0.1) is 13.1 Å². The van der Waals surface area contributed by atoms with Gasteiger partial charge >= 0.3 is 0 Å². The molecule has 1 amide bonds. The minimum atomic E-state index is 0.0386. The number of carbonyl (C=O) groups is 1. The fourth-order valence-electron chi connectivity index (χ4n) is 2.09. The highest BCUT2D eigenvalue weighted by molar-refractivity contribution is 9.10. The Morgan fingerprint density at radius 2 is 2.27 bits per heavy atom. The van der Waals surface area contributed by atoms with Gasteiger partial charge < -0.3 is 9.73 Å². The largest absolute Gasteiger partial charge is 0.419 e. The lowest BCUT2D eigenvalue weighted by molar-refractivity contribution is -0.122. The molecule has 0 radical (unpaired) electrons. The lowest BCUT2D eigenvalue weighted by Crippen LogP contribution is -2.36. The Morgan fingerprint density at radius 3 is 3.00 bits per heavy atom. The summed E-state index contributed by atoms with van der Waals surface area (Å²) >= 11 is 3.42. The van der Waals surface area contributed by atoms with Crippen LogP contribution in [0.5, 0.6) is 0 Å². The van der Waals surface area contributed by atoms with Gasteiger partial charge in [-0.2, -0.15) is 0 Å². The quantitative estimate of drug-likeness (QED) is 0.850. The second-order valence-corrected chi connectivity index (χ2v) is 6.44. The number of hydrogen-bond donors (Lipinski definition) is 1. The summed E-state index contributed by atoms with van der Waals surface area (Å²) < 4.78 is 6.61. The van der Waals surface area contributed by atoms with Gasteiger partial charge in [-0.1, -0.05) is 22.0 Å². The van der Waals surface area contributed by atoms with Crippen LogP contribution < -0.4 is 5.32 Å². The van der Waals surface area contributed by atoms with Crippen LogP contribution in [0.1, 0.15) is 18.7 Å². The molecule has 1 fully saturated rings. The van der Waals surface area contributed by atoms with Crippen molar-refractivity contribution in [1.29, 1.82) is 0 Å². The summed E-state index contributed by atoms with van der Waals surface area (Å²) in [4.78, 5) is 13.6. The summed E-state index contributed by atoms with van der Waals surface area (Å²) in [5, 5.41) is 11.0. The van der Waals surface area contributed by atoms with Gasteiger partial charge in [-0.3, -0.25) is 9.69 Å². The average molecular weight is 365 g/mol. The summed E-state index contributed by atoms with van der Waals surface area (Å²) in [6, 6.07) is 8.07. The van der Waals surface area contributed by atoms with Gasteiger partial charge in [0.25, 0.3) is 0 Å². The highest BCUT2D eigenvalue weighted by atomic mass is 79.9. The second-order valence-electron chi connectivity index (χ2n) is 5.53. The summed E-state index contributed by atoms with van der Waals surface area (Å²) in [5.41, 5.74) is 0.863. The van der Waals surface area contributed by atoms with Crippen molar-refractivity contribution >= 4 is 21.8 Å². The molecule has 3 rings (SSSR count). The Hall–Kier alpha value is -1.73. The molecule has 7 heteroatoms. The Bertz CT molecular complexity index is 669. The Morgan fingerprint density at radius 1 is 1.45 bits per heavy atom. The van der Waals surface area contributed by atoms with Gasteiger partial charge in [0.2, 0.25) is 17.7 Å². The molecule has 0 saturated heterocycles. The smallest absolute Gasteiger partial charge is 0.247 e. The molecule has 1 aromatic carbocycles. The molecule has 0 unspecified atom stereocenters. The third kappa shape index (κ3) is 4.14. The molecule has 6 nitrogen and oxygen atoms in total. The fraction of sp³-hybridized carbons (Fsp3) is 0.400. The standard InChI is InChI=1S/C15H17BrN4O2/c1-20(8-13(21)17-12-5-6-12)9-14-18-19-15(22-14)10-3-2-4-11(16)7-10/h2-4,7,12H,5-6,8-9H2,1H3,(H,17,21). The molecule has 1 heterocycles. The third-order valence-electron chi connectivity index (χ3n) is 3.30. The molecule has 0 spiro atoms. The van der Waals surface area contributed by atoms with Crippen molar-refractivity contribution in [1.82, 2.24) is 20.4 Å². The van der Waals surface area contributed by atoms with Crippen molar-refractivity contribution in [2.45, 2.75) is 25.4 Å². The van der Waals surface area contributed by atoms with Gasteiger partial charge in [0, 0.05) is 16.1 Å². The lowest BCUT2D eigenvalue weighted by atomic mass is 10.2. The minimum Gasteiger partial charge on any atom is -0.419 e. The van der Waals surface area contributed by atoms with E-state index in [9.17, 15) is 4.79 Å². The third-order valence-corrected chi connectivity index (χ3v) is 3.79.